The molecule has 0 amide bonds. The summed E-state index contributed by atoms with van der Waals surface area (Å²) in [6.45, 7) is 0. The number of anilines is 1. The molecule has 0 fully saturated rings. The van der Waals surface area contributed by atoms with Gasteiger partial charge in [-0.15, -0.1) is 0 Å². The van der Waals surface area contributed by atoms with Gasteiger partial charge in [-0.2, -0.15) is 5.26 Å². The Kier molecular flexibility index (Phi) is 2.23. The van der Waals surface area contributed by atoms with Gasteiger partial charge in [0.05, 0.1) is 5.69 Å². The second kappa shape index (κ2) is 3.34. The SMILES string of the molecule is N#CN(C(=N)N)c1ccncc1. The lowest BCUT2D eigenvalue weighted by atomic mass is 10.4. The molecule has 1 aromatic rings. The van der Waals surface area contributed by atoms with Gasteiger partial charge in [-0.3, -0.25) is 10.4 Å². The van der Waals surface area contributed by atoms with E-state index in [2.05, 4.69) is 4.98 Å². The molecule has 60 valence electrons. The third-order valence-corrected chi connectivity index (χ3v) is 1.26. The zero-order valence-electron chi connectivity index (χ0n) is 6.23. The minimum Gasteiger partial charge on any atom is -0.369 e. The quantitative estimate of drug-likeness (QED) is 0.267. The number of hydrogen-bond donors (Lipinski definition) is 2. The maximum atomic E-state index is 8.58. The maximum Gasteiger partial charge on any atom is 0.206 e. The van der Waals surface area contributed by atoms with Gasteiger partial charge in [0.1, 0.15) is 0 Å². The fourth-order valence-electron chi connectivity index (χ4n) is 0.744. The normalized spacial score (nSPS) is 8.58. The number of rotatable bonds is 1. The lowest BCUT2D eigenvalue weighted by Crippen LogP contribution is -2.32. The molecule has 0 unspecified atom stereocenters. The minimum absolute atomic E-state index is 0.302. The first kappa shape index (κ1) is 8.01. The van der Waals surface area contributed by atoms with Gasteiger partial charge in [-0.1, -0.05) is 0 Å². The van der Waals surface area contributed by atoms with Crippen LogP contribution in [0.4, 0.5) is 5.69 Å². The van der Waals surface area contributed by atoms with Crippen molar-refractivity contribution in [1.29, 1.82) is 10.7 Å². The Hall–Kier alpha value is -2.09. The Morgan fingerprint density at radius 1 is 1.58 bits per heavy atom. The molecular formula is C7H7N5. The van der Waals surface area contributed by atoms with Crippen LogP contribution >= 0.6 is 0 Å². The molecule has 1 heterocycles. The molecule has 5 nitrogen and oxygen atoms in total. The predicted molar refractivity (Wildman–Crippen MR) is 44.2 cm³/mol. The van der Waals surface area contributed by atoms with E-state index < -0.39 is 0 Å². The van der Waals surface area contributed by atoms with Crippen molar-refractivity contribution in [2.24, 2.45) is 5.73 Å². The lowest BCUT2D eigenvalue weighted by molar-refractivity contribution is 1.23. The standard InChI is InChI=1S/C7H7N5/c8-5-12(7(9)10)6-1-3-11-4-2-6/h1-4H,(H3,9,10). The van der Waals surface area contributed by atoms with Gasteiger partial charge >= 0.3 is 0 Å². The minimum atomic E-state index is -0.302. The van der Waals surface area contributed by atoms with E-state index in [0.717, 1.165) is 4.90 Å². The van der Waals surface area contributed by atoms with Crippen LogP contribution in [0, 0.1) is 16.9 Å². The molecule has 0 aliphatic rings. The molecule has 1 aromatic heterocycles. The third kappa shape index (κ3) is 1.49. The van der Waals surface area contributed by atoms with Crippen LogP contribution in [0.1, 0.15) is 0 Å². The molecule has 1 rings (SSSR count). The van der Waals surface area contributed by atoms with E-state index in [1.165, 1.54) is 12.4 Å². The van der Waals surface area contributed by atoms with Crippen LogP contribution < -0.4 is 10.6 Å². The molecule has 0 aliphatic carbocycles. The molecule has 0 saturated carbocycles. The van der Waals surface area contributed by atoms with E-state index in [9.17, 15) is 0 Å². The van der Waals surface area contributed by atoms with E-state index in [0.29, 0.717) is 5.69 Å². The van der Waals surface area contributed by atoms with E-state index >= 15 is 0 Å². The van der Waals surface area contributed by atoms with Crippen LogP contribution in [0.5, 0.6) is 0 Å². The van der Waals surface area contributed by atoms with Crippen LogP contribution in [-0.4, -0.2) is 10.9 Å². The summed E-state index contributed by atoms with van der Waals surface area (Å²) in [4.78, 5) is 4.78. The van der Waals surface area contributed by atoms with Crippen molar-refractivity contribution in [2.45, 2.75) is 0 Å². The highest BCUT2D eigenvalue weighted by Gasteiger charge is 2.06. The van der Waals surface area contributed by atoms with Crippen LogP contribution in [-0.2, 0) is 0 Å². The van der Waals surface area contributed by atoms with Gasteiger partial charge in [0.25, 0.3) is 0 Å². The molecule has 0 bridgehead atoms. The molecule has 0 spiro atoms. The Morgan fingerprint density at radius 2 is 2.17 bits per heavy atom. The van der Waals surface area contributed by atoms with Crippen molar-refractivity contribution in [3.63, 3.8) is 0 Å². The average Bonchev–Trinajstić information content (AvgIpc) is 2.07. The maximum absolute atomic E-state index is 8.58. The van der Waals surface area contributed by atoms with Gasteiger partial charge in [0.15, 0.2) is 6.19 Å². The van der Waals surface area contributed by atoms with Gasteiger partial charge in [0.2, 0.25) is 5.96 Å². The number of nitrogens with zero attached hydrogens (tertiary/aromatic N) is 3. The highest BCUT2D eigenvalue weighted by Crippen LogP contribution is 2.09. The lowest BCUT2D eigenvalue weighted by Gasteiger charge is -2.11. The fourth-order valence-corrected chi connectivity index (χ4v) is 0.744. The largest absolute Gasteiger partial charge is 0.369 e. The third-order valence-electron chi connectivity index (χ3n) is 1.26. The van der Waals surface area contributed by atoms with Crippen molar-refractivity contribution < 1.29 is 0 Å². The van der Waals surface area contributed by atoms with Crippen LogP contribution in [0.3, 0.4) is 0 Å². The van der Waals surface area contributed by atoms with Crippen LogP contribution in [0.25, 0.3) is 0 Å². The average molecular weight is 161 g/mol. The second-order valence-electron chi connectivity index (χ2n) is 2.03. The number of aromatic nitrogens is 1. The molecule has 0 aromatic carbocycles. The number of nitrogens with one attached hydrogen (secondary N) is 1. The summed E-state index contributed by atoms with van der Waals surface area (Å²) in [5.74, 6) is -0.302. The summed E-state index contributed by atoms with van der Waals surface area (Å²) in [6, 6.07) is 3.20. The van der Waals surface area contributed by atoms with E-state index in [-0.39, 0.29) is 5.96 Å². The van der Waals surface area contributed by atoms with Crippen molar-refractivity contribution >= 4 is 11.6 Å². The molecule has 0 atom stereocenters. The Bertz CT molecular complexity index is 312. The van der Waals surface area contributed by atoms with Crippen molar-refractivity contribution in [2.75, 3.05) is 4.90 Å². The van der Waals surface area contributed by atoms with Gasteiger partial charge < -0.3 is 5.73 Å². The number of nitrogens with two attached hydrogens (primary N) is 1. The molecule has 0 radical (unpaired) electrons. The summed E-state index contributed by atoms with van der Waals surface area (Å²) < 4.78 is 0. The topological polar surface area (TPSA) is 89.8 Å². The summed E-state index contributed by atoms with van der Waals surface area (Å²) in [7, 11) is 0. The van der Waals surface area contributed by atoms with Crippen LogP contribution in [0.2, 0.25) is 0 Å². The van der Waals surface area contributed by atoms with Crippen molar-refractivity contribution in [3.05, 3.63) is 24.5 Å². The molecule has 0 saturated heterocycles. The van der Waals surface area contributed by atoms with Crippen molar-refractivity contribution in [1.82, 2.24) is 4.98 Å². The first-order chi connectivity index (χ1) is 5.75. The predicted octanol–water partition coefficient (Wildman–Crippen LogP) is 0.263. The molecule has 5 heteroatoms. The second-order valence-corrected chi connectivity index (χ2v) is 2.03. The monoisotopic (exact) mass is 161 g/mol. The number of pyridine rings is 1. The van der Waals surface area contributed by atoms with E-state index in [1.807, 2.05) is 0 Å². The Labute approximate surface area is 69.6 Å². The van der Waals surface area contributed by atoms with Crippen molar-refractivity contribution in [3.8, 4) is 6.19 Å². The highest BCUT2D eigenvalue weighted by molar-refractivity contribution is 5.94. The molecule has 0 aliphatic heterocycles. The molecule has 12 heavy (non-hydrogen) atoms. The number of guanidine groups is 1. The van der Waals surface area contributed by atoms with Crippen LogP contribution in [0.15, 0.2) is 24.5 Å². The molecule has 3 N–H and O–H groups in total. The Morgan fingerprint density at radius 3 is 2.58 bits per heavy atom. The first-order valence-corrected chi connectivity index (χ1v) is 3.19. The van der Waals surface area contributed by atoms with Gasteiger partial charge in [-0.25, -0.2) is 4.90 Å². The highest BCUT2D eigenvalue weighted by atomic mass is 15.2. The summed E-state index contributed by atoms with van der Waals surface area (Å²) in [5.41, 5.74) is 5.69. The molecular weight excluding hydrogens is 154 g/mol. The van der Waals surface area contributed by atoms with Gasteiger partial charge in [-0.05, 0) is 12.1 Å². The number of hydrogen-bond acceptors (Lipinski definition) is 3. The summed E-state index contributed by atoms with van der Waals surface area (Å²) in [6.07, 6.45) is 4.83. The first-order valence-electron chi connectivity index (χ1n) is 3.19. The van der Waals surface area contributed by atoms with E-state index in [1.54, 1.807) is 18.3 Å². The number of nitriles is 1. The Balaban J connectivity index is 2.98. The fraction of sp³-hybridized carbons (Fsp3) is 0. The zero-order chi connectivity index (χ0) is 8.97. The van der Waals surface area contributed by atoms with Gasteiger partial charge in [0, 0.05) is 12.4 Å². The summed E-state index contributed by atoms with van der Waals surface area (Å²) in [5, 5.41) is 15.6. The summed E-state index contributed by atoms with van der Waals surface area (Å²) >= 11 is 0. The zero-order valence-corrected chi connectivity index (χ0v) is 6.23. The smallest absolute Gasteiger partial charge is 0.206 e. The van der Waals surface area contributed by atoms with E-state index in [4.69, 9.17) is 16.4 Å².